The van der Waals surface area contributed by atoms with E-state index in [0.29, 0.717) is 18.8 Å². The molecule has 0 aromatic heterocycles. The third-order valence-corrected chi connectivity index (χ3v) is 4.04. The summed E-state index contributed by atoms with van der Waals surface area (Å²) in [6, 6.07) is 3.41. The van der Waals surface area contributed by atoms with E-state index in [4.69, 9.17) is 9.47 Å². The van der Waals surface area contributed by atoms with Gasteiger partial charge in [0.05, 0.1) is 7.11 Å². The fraction of sp³-hybridized carbons (Fsp3) is 0.500. The number of carboxylic acids is 1. The molecule has 0 saturated carbocycles. The first-order valence-corrected chi connectivity index (χ1v) is 7.18. The first kappa shape index (κ1) is 16.3. The predicted octanol–water partition coefficient (Wildman–Crippen LogP) is 1.68. The molecule has 1 aromatic carbocycles. The maximum absolute atomic E-state index is 12.5. The fourth-order valence-corrected chi connectivity index (χ4v) is 2.81. The van der Waals surface area contributed by atoms with Gasteiger partial charge in [-0.15, -0.1) is 0 Å². The summed E-state index contributed by atoms with van der Waals surface area (Å²) in [7, 11) is 1.58. The van der Waals surface area contributed by atoms with Crippen molar-refractivity contribution in [2.24, 2.45) is 0 Å². The molecule has 120 valence electrons. The molecule has 1 aliphatic heterocycles. The number of carbonyl (C=O) groups excluding carboxylic acids is 1. The van der Waals surface area contributed by atoms with E-state index >= 15 is 0 Å². The van der Waals surface area contributed by atoms with Gasteiger partial charge in [0, 0.05) is 31.6 Å². The zero-order valence-electron chi connectivity index (χ0n) is 13.1. The van der Waals surface area contributed by atoms with Crippen LogP contribution in [0.1, 0.15) is 34.3 Å². The third-order valence-electron chi connectivity index (χ3n) is 4.04. The molecule has 0 unspecified atom stereocenters. The minimum atomic E-state index is -1.25. The Morgan fingerprint density at radius 2 is 1.77 bits per heavy atom. The zero-order valence-corrected chi connectivity index (χ0v) is 13.1. The summed E-state index contributed by atoms with van der Waals surface area (Å²) < 4.78 is 10.5. The second-order valence-electron chi connectivity index (χ2n) is 5.60. The van der Waals surface area contributed by atoms with E-state index in [2.05, 4.69) is 5.32 Å². The SMILES string of the molecule is COc1c(C)cc(C(=O)NC2(C(=O)O)CCOCC2)cc1C. The lowest BCUT2D eigenvalue weighted by Gasteiger charge is -2.34. The van der Waals surface area contributed by atoms with Gasteiger partial charge in [-0.2, -0.15) is 0 Å². The number of aryl methyl sites for hydroxylation is 2. The summed E-state index contributed by atoms with van der Waals surface area (Å²) in [5, 5.41) is 12.2. The van der Waals surface area contributed by atoms with Crippen LogP contribution in [0.15, 0.2) is 12.1 Å². The molecule has 1 heterocycles. The standard InChI is InChI=1S/C16H21NO5/c1-10-8-12(9-11(2)13(10)21-3)14(18)17-16(15(19)20)4-6-22-7-5-16/h8-9H,4-7H2,1-3H3,(H,17,18)(H,19,20). The lowest BCUT2D eigenvalue weighted by Crippen LogP contribution is -2.57. The molecule has 6 heteroatoms. The molecule has 0 bridgehead atoms. The highest BCUT2D eigenvalue weighted by Gasteiger charge is 2.41. The van der Waals surface area contributed by atoms with Crippen molar-refractivity contribution in [2.75, 3.05) is 20.3 Å². The zero-order chi connectivity index (χ0) is 16.3. The van der Waals surface area contributed by atoms with E-state index in [1.807, 2.05) is 13.8 Å². The van der Waals surface area contributed by atoms with Crippen LogP contribution in [-0.4, -0.2) is 42.8 Å². The Morgan fingerprint density at radius 1 is 1.23 bits per heavy atom. The molecule has 1 amide bonds. The molecule has 1 saturated heterocycles. The van der Waals surface area contributed by atoms with Crippen molar-refractivity contribution in [1.29, 1.82) is 0 Å². The van der Waals surface area contributed by atoms with Crippen LogP contribution in [0.5, 0.6) is 5.75 Å². The Kier molecular flexibility index (Phi) is 4.71. The minimum Gasteiger partial charge on any atom is -0.496 e. The Labute approximate surface area is 129 Å². The first-order valence-electron chi connectivity index (χ1n) is 7.18. The summed E-state index contributed by atoms with van der Waals surface area (Å²) in [5.41, 5.74) is 0.854. The summed E-state index contributed by atoms with van der Waals surface area (Å²) in [6.07, 6.45) is 0.532. The topological polar surface area (TPSA) is 84.9 Å². The van der Waals surface area contributed by atoms with Gasteiger partial charge < -0.3 is 19.9 Å². The van der Waals surface area contributed by atoms with Crippen molar-refractivity contribution in [2.45, 2.75) is 32.2 Å². The molecule has 6 nitrogen and oxygen atoms in total. The minimum absolute atomic E-state index is 0.266. The van der Waals surface area contributed by atoms with Crippen LogP contribution < -0.4 is 10.1 Å². The maximum atomic E-state index is 12.5. The first-order chi connectivity index (χ1) is 10.4. The van der Waals surface area contributed by atoms with Crippen molar-refractivity contribution in [3.8, 4) is 5.75 Å². The Balaban J connectivity index is 2.26. The highest BCUT2D eigenvalue weighted by Crippen LogP contribution is 2.26. The van der Waals surface area contributed by atoms with Crippen LogP contribution in [0.25, 0.3) is 0 Å². The van der Waals surface area contributed by atoms with Crippen molar-refractivity contribution in [3.63, 3.8) is 0 Å². The summed E-state index contributed by atoms with van der Waals surface area (Å²) in [4.78, 5) is 24.1. The second-order valence-corrected chi connectivity index (χ2v) is 5.60. The number of ether oxygens (including phenoxy) is 2. The number of carboxylic acid groups (broad SMARTS) is 1. The van der Waals surface area contributed by atoms with E-state index in [1.165, 1.54) is 0 Å². The Morgan fingerprint density at radius 3 is 2.23 bits per heavy atom. The van der Waals surface area contributed by atoms with Gasteiger partial charge in [-0.25, -0.2) is 4.79 Å². The van der Waals surface area contributed by atoms with E-state index < -0.39 is 17.4 Å². The maximum Gasteiger partial charge on any atom is 0.329 e. The normalized spacial score (nSPS) is 16.9. The highest BCUT2D eigenvalue weighted by molar-refractivity contribution is 5.98. The molecule has 2 rings (SSSR count). The number of carbonyl (C=O) groups is 2. The van der Waals surface area contributed by atoms with Gasteiger partial charge in [-0.3, -0.25) is 4.79 Å². The number of aliphatic carboxylic acids is 1. The number of nitrogens with one attached hydrogen (secondary N) is 1. The largest absolute Gasteiger partial charge is 0.496 e. The number of methoxy groups -OCH3 is 1. The van der Waals surface area contributed by atoms with Crippen molar-refractivity contribution in [1.82, 2.24) is 5.32 Å². The number of hydrogen-bond acceptors (Lipinski definition) is 4. The van der Waals surface area contributed by atoms with Crippen LogP contribution in [-0.2, 0) is 9.53 Å². The van der Waals surface area contributed by atoms with Crippen molar-refractivity contribution in [3.05, 3.63) is 28.8 Å². The predicted molar refractivity (Wildman–Crippen MR) is 80.4 cm³/mol. The van der Waals surface area contributed by atoms with Gasteiger partial charge in [0.25, 0.3) is 5.91 Å². The number of benzene rings is 1. The van der Waals surface area contributed by atoms with Gasteiger partial charge in [0.1, 0.15) is 11.3 Å². The van der Waals surface area contributed by atoms with Crippen LogP contribution in [0.4, 0.5) is 0 Å². The molecule has 0 radical (unpaired) electrons. The van der Waals surface area contributed by atoms with Gasteiger partial charge in [0.2, 0.25) is 0 Å². The van der Waals surface area contributed by atoms with Crippen LogP contribution in [0.3, 0.4) is 0 Å². The van der Waals surface area contributed by atoms with E-state index in [0.717, 1.165) is 16.9 Å². The smallest absolute Gasteiger partial charge is 0.329 e. The van der Waals surface area contributed by atoms with E-state index in [9.17, 15) is 14.7 Å². The average molecular weight is 307 g/mol. The number of amides is 1. The molecule has 0 aliphatic carbocycles. The van der Waals surface area contributed by atoms with E-state index in [1.54, 1.807) is 19.2 Å². The van der Waals surface area contributed by atoms with Crippen LogP contribution >= 0.6 is 0 Å². The summed E-state index contributed by atoms with van der Waals surface area (Å²) in [5.74, 6) is -0.681. The van der Waals surface area contributed by atoms with Gasteiger partial charge in [-0.1, -0.05) is 0 Å². The molecule has 1 aromatic rings. The highest BCUT2D eigenvalue weighted by atomic mass is 16.5. The van der Waals surface area contributed by atoms with Crippen LogP contribution in [0, 0.1) is 13.8 Å². The quantitative estimate of drug-likeness (QED) is 0.884. The molecule has 1 aliphatic rings. The summed E-state index contributed by atoms with van der Waals surface area (Å²) in [6.45, 7) is 4.36. The lowest BCUT2D eigenvalue weighted by atomic mass is 9.89. The van der Waals surface area contributed by atoms with E-state index in [-0.39, 0.29) is 12.8 Å². The van der Waals surface area contributed by atoms with Crippen molar-refractivity contribution >= 4 is 11.9 Å². The van der Waals surface area contributed by atoms with Gasteiger partial charge in [-0.05, 0) is 37.1 Å². The third kappa shape index (κ3) is 3.06. The monoisotopic (exact) mass is 307 g/mol. The molecule has 0 spiro atoms. The second kappa shape index (κ2) is 6.36. The van der Waals surface area contributed by atoms with Gasteiger partial charge >= 0.3 is 5.97 Å². The Bertz CT molecular complexity index is 567. The molecular weight excluding hydrogens is 286 g/mol. The fourth-order valence-electron chi connectivity index (χ4n) is 2.81. The average Bonchev–Trinajstić information content (AvgIpc) is 2.47. The molecule has 22 heavy (non-hydrogen) atoms. The van der Waals surface area contributed by atoms with Crippen LogP contribution in [0.2, 0.25) is 0 Å². The summed E-state index contributed by atoms with van der Waals surface area (Å²) >= 11 is 0. The number of hydrogen-bond donors (Lipinski definition) is 2. The molecule has 0 atom stereocenters. The molecule has 1 fully saturated rings. The molecular formula is C16H21NO5. The lowest BCUT2D eigenvalue weighted by molar-refractivity contribution is -0.148. The molecule has 2 N–H and O–H groups in total. The Hall–Kier alpha value is -2.08. The van der Waals surface area contributed by atoms with Crippen molar-refractivity contribution < 1.29 is 24.2 Å². The number of rotatable bonds is 4. The van der Waals surface area contributed by atoms with Gasteiger partial charge in [0.15, 0.2) is 0 Å².